The predicted molar refractivity (Wildman–Crippen MR) is 147 cm³/mol. The van der Waals surface area contributed by atoms with E-state index in [4.69, 9.17) is 23.2 Å². The molecule has 3 aromatic carbocycles. The van der Waals surface area contributed by atoms with Crippen LogP contribution in [0.3, 0.4) is 0 Å². The Morgan fingerprint density at radius 2 is 1.82 bits per heavy atom. The largest absolute Gasteiger partial charge is 0.326 e. The summed E-state index contributed by atoms with van der Waals surface area (Å²) in [5.74, 6) is 1.17. The maximum absolute atomic E-state index is 6.65. The third-order valence-electron chi connectivity index (χ3n) is 5.63. The second-order valence-electron chi connectivity index (χ2n) is 7.89. The van der Waals surface area contributed by atoms with Gasteiger partial charge in [-0.15, -0.1) is 0 Å². The Labute approximate surface area is 213 Å². The van der Waals surface area contributed by atoms with Gasteiger partial charge in [-0.3, -0.25) is 4.98 Å². The standard InChI is InChI=1S/C26H23Cl2N3S2/c27-23-10-8-19(16-22(23)26-21-7-3-2-6-18(21)12-13-29-26)30-33-25-11-9-20(17-24(25)28)31-14-4-1-5-15-32-31/h2-3,6-13,16-17,30H,1,4-5,14-15H2. The smallest absolute Gasteiger partial charge is 0.0796 e. The number of hydrogen-bond acceptors (Lipinski definition) is 5. The first-order valence-corrected chi connectivity index (χ1v) is 13.5. The fraction of sp³-hybridized carbons (Fsp3) is 0.192. The lowest BCUT2D eigenvalue weighted by atomic mass is 10.0. The lowest BCUT2D eigenvalue weighted by molar-refractivity contribution is 0.751. The first-order valence-electron chi connectivity index (χ1n) is 11.0. The van der Waals surface area contributed by atoms with Gasteiger partial charge in [0.15, 0.2) is 0 Å². The summed E-state index contributed by atoms with van der Waals surface area (Å²) < 4.78 is 5.79. The Kier molecular flexibility index (Phi) is 7.21. The topological polar surface area (TPSA) is 28.2 Å². The number of nitrogens with zero attached hydrogens (tertiary/aromatic N) is 2. The van der Waals surface area contributed by atoms with Crippen LogP contribution in [0.15, 0.2) is 77.8 Å². The van der Waals surface area contributed by atoms with Crippen molar-refractivity contribution in [2.45, 2.75) is 24.2 Å². The number of fused-ring (bicyclic) bond motifs is 1. The number of rotatable bonds is 5. The molecule has 0 unspecified atom stereocenters. The Balaban J connectivity index is 1.35. The molecule has 168 valence electrons. The Morgan fingerprint density at radius 3 is 2.73 bits per heavy atom. The van der Waals surface area contributed by atoms with E-state index in [1.807, 2.05) is 54.5 Å². The number of aromatic nitrogens is 1. The molecule has 0 saturated carbocycles. The first kappa shape index (κ1) is 22.7. The van der Waals surface area contributed by atoms with Crippen molar-refractivity contribution in [3.8, 4) is 11.3 Å². The molecule has 0 bridgehead atoms. The molecular weight excluding hydrogens is 489 g/mol. The van der Waals surface area contributed by atoms with Crippen LogP contribution < -0.4 is 9.03 Å². The van der Waals surface area contributed by atoms with Gasteiger partial charge < -0.3 is 9.03 Å². The van der Waals surface area contributed by atoms with E-state index >= 15 is 0 Å². The second kappa shape index (κ2) is 10.5. The Morgan fingerprint density at radius 1 is 0.909 bits per heavy atom. The number of pyridine rings is 1. The van der Waals surface area contributed by atoms with E-state index in [0.717, 1.165) is 44.2 Å². The summed E-state index contributed by atoms with van der Waals surface area (Å²) in [5.41, 5.74) is 3.90. The lowest BCUT2D eigenvalue weighted by Crippen LogP contribution is -2.14. The third kappa shape index (κ3) is 5.22. The van der Waals surface area contributed by atoms with Crippen LogP contribution in [0.25, 0.3) is 22.0 Å². The fourth-order valence-electron chi connectivity index (χ4n) is 3.92. The van der Waals surface area contributed by atoms with Crippen molar-refractivity contribution in [2.24, 2.45) is 0 Å². The summed E-state index contributed by atoms with van der Waals surface area (Å²) in [4.78, 5) is 5.61. The highest BCUT2D eigenvalue weighted by molar-refractivity contribution is 8.01. The summed E-state index contributed by atoms with van der Waals surface area (Å²) in [6.07, 6.45) is 5.64. The van der Waals surface area contributed by atoms with Crippen LogP contribution in [-0.4, -0.2) is 17.3 Å². The number of nitrogens with one attached hydrogen (secondary N) is 1. The van der Waals surface area contributed by atoms with Crippen molar-refractivity contribution in [2.75, 3.05) is 21.3 Å². The van der Waals surface area contributed by atoms with Crippen LogP contribution in [0.5, 0.6) is 0 Å². The van der Waals surface area contributed by atoms with Gasteiger partial charge in [0, 0.05) is 45.7 Å². The molecule has 1 fully saturated rings. The van der Waals surface area contributed by atoms with Crippen LogP contribution in [-0.2, 0) is 0 Å². The summed E-state index contributed by atoms with van der Waals surface area (Å²) in [7, 11) is 0. The zero-order valence-electron chi connectivity index (χ0n) is 17.9. The molecule has 4 aromatic rings. The minimum absolute atomic E-state index is 0.673. The van der Waals surface area contributed by atoms with Gasteiger partial charge >= 0.3 is 0 Å². The van der Waals surface area contributed by atoms with Crippen LogP contribution >= 0.6 is 47.1 Å². The zero-order valence-corrected chi connectivity index (χ0v) is 21.1. The molecule has 0 amide bonds. The fourth-order valence-corrected chi connectivity index (χ4v) is 6.14. The van der Waals surface area contributed by atoms with Crippen LogP contribution in [0, 0.1) is 0 Å². The van der Waals surface area contributed by atoms with E-state index < -0.39 is 0 Å². The summed E-state index contributed by atoms with van der Waals surface area (Å²) in [6.45, 7) is 1.07. The molecule has 2 heterocycles. The molecule has 0 atom stereocenters. The Bertz CT molecular complexity index is 1270. The van der Waals surface area contributed by atoms with Crippen molar-refractivity contribution in [3.63, 3.8) is 0 Å². The van der Waals surface area contributed by atoms with Crippen molar-refractivity contribution in [1.29, 1.82) is 0 Å². The minimum Gasteiger partial charge on any atom is -0.326 e. The molecule has 1 aliphatic rings. The number of anilines is 2. The SMILES string of the molecule is Clc1cc(N2CCCCCS2)ccc1SNc1ccc(Cl)c(-c2nccc3ccccc23)c1. The molecule has 33 heavy (non-hydrogen) atoms. The molecular formula is C26H23Cl2N3S2. The molecule has 7 heteroatoms. The number of hydrogen-bond donors (Lipinski definition) is 1. The van der Waals surface area contributed by atoms with Gasteiger partial charge in [0.1, 0.15) is 0 Å². The average Bonchev–Trinajstić information content (AvgIpc) is 3.13. The molecule has 1 N–H and O–H groups in total. The van der Waals surface area contributed by atoms with Crippen LogP contribution in [0.2, 0.25) is 10.0 Å². The highest BCUT2D eigenvalue weighted by Crippen LogP contribution is 2.37. The van der Waals surface area contributed by atoms with E-state index in [0.29, 0.717) is 5.02 Å². The molecule has 5 rings (SSSR count). The molecule has 1 aromatic heterocycles. The van der Waals surface area contributed by atoms with Crippen molar-refractivity contribution >= 4 is 69.2 Å². The summed E-state index contributed by atoms with van der Waals surface area (Å²) in [6, 6.07) is 22.5. The predicted octanol–water partition coefficient (Wildman–Crippen LogP) is 8.97. The highest BCUT2D eigenvalue weighted by Gasteiger charge is 2.14. The summed E-state index contributed by atoms with van der Waals surface area (Å²) >= 11 is 16.6. The molecule has 3 nitrogen and oxygen atoms in total. The number of benzene rings is 3. The van der Waals surface area contributed by atoms with Crippen molar-refractivity contribution in [3.05, 3.63) is 83.0 Å². The third-order valence-corrected chi connectivity index (χ3v) is 8.47. The monoisotopic (exact) mass is 511 g/mol. The van der Waals surface area contributed by atoms with Gasteiger partial charge in [-0.05, 0) is 84.6 Å². The molecule has 1 aliphatic heterocycles. The maximum atomic E-state index is 6.65. The highest BCUT2D eigenvalue weighted by atomic mass is 35.5. The first-order chi connectivity index (χ1) is 16.2. The lowest BCUT2D eigenvalue weighted by Gasteiger charge is -2.21. The average molecular weight is 513 g/mol. The van der Waals surface area contributed by atoms with Gasteiger partial charge in [0.05, 0.1) is 15.7 Å². The van der Waals surface area contributed by atoms with Crippen LogP contribution in [0.1, 0.15) is 19.3 Å². The van der Waals surface area contributed by atoms with E-state index in [2.05, 4.69) is 44.3 Å². The summed E-state index contributed by atoms with van der Waals surface area (Å²) in [5, 5.41) is 3.64. The van der Waals surface area contributed by atoms with Crippen molar-refractivity contribution < 1.29 is 0 Å². The van der Waals surface area contributed by atoms with E-state index in [9.17, 15) is 0 Å². The van der Waals surface area contributed by atoms with E-state index in [1.54, 1.807) is 0 Å². The van der Waals surface area contributed by atoms with Crippen molar-refractivity contribution in [1.82, 2.24) is 4.98 Å². The molecule has 0 spiro atoms. The van der Waals surface area contributed by atoms with Gasteiger partial charge in [-0.1, -0.05) is 53.9 Å². The molecule has 0 radical (unpaired) electrons. The maximum Gasteiger partial charge on any atom is 0.0796 e. The van der Waals surface area contributed by atoms with E-state index in [1.165, 1.54) is 42.7 Å². The van der Waals surface area contributed by atoms with Gasteiger partial charge in [-0.2, -0.15) is 0 Å². The minimum atomic E-state index is 0.673. The van der Waals surface area contributed by atoms with Gasteiger partial charge in [0.2, 0.25) is 0 Å². The van der Waals surface area contributed by atoms with Gasteiger partial charge in [-0.25, -0.2) is 0 Å². The number of halogens is 2. The normalized spacial score (nSPS) is 14.3. The van der Waals surface area contributed by atoms with Gasteiger partial charge in [0.25, 0.3) is 0 Å². The molecule has 0 aliphatic carbocycles. The second-order valence-corrected chi connectivity index (χ2v) is 10.7. The quantitative estimate of drug-likeness (QED) is 0.270. The molecule has 1 saturated heterocycles. The Hall–Kier alpha value is -2.05. The van der Waals surface area contributed by atoms with Crippen LogP contribution in [0.4, 0.5) is 11.4 Å². The van der Waals surface area contributed by atoms with E-state index in [-0.39, 0.29) is 0 Å². The zero-order chi connectivity index (χ0) is 22.6.